The number of hydrogen-bond donors (Lipinski definition) is 1. The van der Waals surface area contributed by atoms with Crippen molar-refractivity contribution in [1.29, 1.82) is 0 Å². The van der Waals surface area contributed by atoms with E-state index in [2.05, 4.69) is 41.7 Å². The van der Waals surface area contributed by atoms with Crippen molar-refractivity contribution in [1.82, 2.24) is 10.2 Å². The van der Waals surface area contributed by atoms with Crippen molar-refractivity contribution < 1.29 is 19.0 Å². The Kier molecular flexibility index (Phi) is 10.7. The highest BCUT2D eigenvalue weighted by Crippen LogP contribution is 2.18. The lowest BCUT2D eigenvalue weighted by atomic mass is 10.0. The van der Waals surface area contributed by atoms with Crippen LogP contribution in [0.4, 0.5) is 0 Å². The SMILES string of the molecule is CCNCCN(CC(OC)OC)C(=O)CCOCCc1cccc2ccccc12. The lowest BCUT2D eigenvalue weighted by Gasteiger charge is -2.26. The van der Waals surface area contributed by atoms with Gasteiger partial charge in [-0.1, -0.05) is 49.4 Å². The predicted molar refractivity (Wildman–Crippen MR) is 116 cm³/mol. The van der Waals surface area contributed by atoms with Crippen LogP contribution in [0.15, 0.2) is 42.5 Å². The molecule has 6 nitrogen and oxygen atoms in total. The van der Waals surface area contributed by atoms with Crippen LogP contribution in [-0.2, 0) is 25.4 Å². The molecular weight excluding hydrogens is 368 g/mol. The molecule has 2 rings (SSSR count). The normalized spacial score (nSPS) is 11.3. The second kappa shape index (κ2) is 13.3. The first kappa shape index (κ1) is 23.3. The van der Waals surface area contributed by atoms with Gasteiger partial charge in [-0.25, -0.2) is 0 Å². The van der Waals surface area contributed by atoms with Crippen LogP contribution in [0.1, 0.15) is 18.9 Å². The predicted octanol–water partition coefficient (Wildman–Crippen LogP) is 2.85. The van der Waals surface area contributed by atoms with Gasteiger partial charge in [0.1, 0.15) is 0 Å². The van der Waals surface area contributed by atoms with E-state index in [1.807, 2.05) is 13.0 Å². The largest absolute Gasteiger partial charge is 0.381 e. The highest BCUT2D eigenvalue weighted by molar-refractivity contribution is 5.85. The maximum Gasteiger partial charge on any atom is 0.225 e. The van der Waals surface area contributed by atoms with E-state index in [1.165, 1.54) is 16.3 Å². The van der Waals surface area contributed by atoms with E-state index >= 15 is 0 Å². The third kappa shape index (κ3) is 7.74. The summed E-state index contributed by atoms with van der Waals surface area (Å²) in [5.41, 5.74) is 1.27. The number of carbonyl (C=O) groups excluding carboxylic acids is 1. The van der Waals surface area contributed by atoms with Crippen LogP contribution in [0.2, 0.25) is 0 Å². The maximum absolute atomic E-state index is 12.6. The molecule has 0 aliphatic rings. The van der Waals surface area contributed by atoms with E-state index in [4.69, 9.17) is 14.2 Å². The van der Waals surface area contributed by atoms with Crippen molar-refractivity contribution in [2.75, 3.05) is 53.6 Å². The van der Waals surface area contributed by atoms with Crippen molar-refractivity contribution in [3.05, 3.63) is 48.0 Å². The molecule has 160 valence electrons. The fourth-order valence-corrected chi connectivity index (χ4v) is 3.25. The first-order valence-corrected chi connectivity index (χ1v) is 10.3. The van der Waals surface area contributed by atoms with Crippen molar-refractivity contribution >= 4 is 16.7 Å². The van der Waals surface area contributed by atoms with E-state index in [0.717, 1.165) is 19.5 Å². The van der Waals surface area contributed by atoms with Gasteiger partial charge in [0.25, 0.3) is 0 Å². The van der Waals surface area contributed by atoms with Crippen LogP contribution in [0.5, 0.6) is 0 Å². The number of fused-ring (bicyclic) bond motifs is 1. The highest BCUT2D eigenvalue weighted by atomic mass is 16.7. The summed E-state index contributed by atoms with van der Waals surface area (Å²) in [7, 11) is 3.16. The van der Waals surface area contributed by atoms with Gasteiger partial charge in [-0.2, -0.15) is 0 Å². The zero-order valence-electron chi connectivity index (χ0n) is 17.9. The van der Waals surface area contributed by atoms with Crippen LogP contribution >= 0.6 is 0 Å². The van der Waals surface area contributed by atoms with Crippen LogP contribution in [0.25, 0.3) is 10.8 Å². The summed E-state index contributed by atoms with van der Waals surface area (Å²) < 4.78 is 16.3. The number of benzene rings is 2. The number of rotatable bonds is 14. The van der Waals surface area contributed by atoms with Crippen molar-refractivity contribution in [2.24, 2.45) is 0 Å². The minimum absolute atomic E-state index is 0.0483. The second-order valence-corrected chi connectivity index (χ2v) is 6.84. The summed E-state index contributed by atoms with van der Waals surface area (Å²) >= 11 is 0. The molecule has 0 radical (unpaired) electrons. The minimum Gasteiger partial charge on any atom is -0.381 e. The van der Waals surface area contributed by atoms with E-state index < -0.39 is 6.29 Å². The number of carbonyl (C=O) groups is 1. The van der Waals surface area contributed by atoms with Gasteiger partial charge in [-0.3, -0.25) is 4.79 Å². The smallest absolute Gasteiger partial charge is 0.225 e. The molecule has 0 saturated carbocycles. The van der Waals surface area contributed by atoms with E-state index in [1.54, 1.807) is 19.1 Å². The molecule has 0 aliphatic heterocycles. The molecule has 6 heteroatoms. The third-order valence-electron chi connectivity index (χ3n) is 4.91. The quantitative estimate of drug-likeness (QED) is 0.389. The van der Waals surface area contributed by atoms with Gasteiger partial charge in [-0.15, -0.1) is 0 Å². The van der Waals surface area contributed by atoms with Gasteiger partial charge in [0.2, 0.25) is 5.91 Å². The number of methoxy groups -OCH3 is 2. The van der Waals surface area contributed by atoms with Crippen LogP contribution < -0.4 is 5.32 Å². The molecule has 1 N–H and O–H groups in total. The van der Waals surface area contributed by atoms with Crippen LogP contribution in [0, 0.1) is 0 Å². The number of hydrogen-bond acceptors (Lipinski definition) is 5. The number of amides is 1. The van der Waals surface area contributed by atoms with Gasteiger partial charge in [0, 0.05) is 27.3 Å². The molecule has 1 amide bonds. The lowest BCUT2D eigenvalue weighted by Crippen LogP contribution is -2.42. The Balaban J connectivity index is 1.78. The van der Waals surface area contributed by atoms with Gasteiger partial charge in [0.15, 0.2) is 6.29 Å². The fraction of sp³-hybridized carbons (Fsp3) is 0.522. The summed E-state index contributed by atoms with van der Waals surface area (Å²) in [6, 6.07) is 14.7. The maximum atomic E-state index is 12.6. The fourth-order valence-electron chi connectivity index (χ4n) is 3.25. The van der Waals surface area contributed by atoms with E-state index in [-0.39, 0.29) is 5.91 Å². The summed E-state index contributed by atoms with van der Waals surface area (Å²) in [6.45, 7) is 5.69. The molecule has 0 heterocycles. The third-order valence-corrected chi connectivity index (χ3v) is 4.91. The van der Waals surface area contributed by atoms with Crippen molar-refractivity contribution in [2.45, 2.75) is 26.1 Å². The average Bonchev–Trinajstić information content (AvgIpc) is 2.76. The van der Waals surface area contributed by atoms with Crippen molar-refractivity contribution in [3.8, 4) is 0 Å². The molecule has 0 aromatic heterocycles. The van der Waals surface area contributed by atoms with Crippen molar-refractivity contribution in [3.63, 3.8) is 0 Å². The van der Waals surface area contributed by atoms with E-state index in [9.17, 15) is 4.79 Å². The Bertz CT molecular complexity index is 728. The number of nitrogens with one attached hydrogen (secondary N) is 1. The summed E-state index contributed by atoms with van der Waals surface area (Å²) in [6.07, 6.45) is 0.754. The molecule has 0 bridgehead atoms. The molecule has 2 aromatic carbocycles. The molecule has 0 saturated heterocycles. The summed E-state index contributed by atoms with van der Waals surface area (Å²) in [4.78, 5) is 14.4. The summed E-state index contributed by atoms with van der Waals surface area (Å²) in [5, 5.41) is 5.74. The molecule has 0 spiro atoms. The zero-order valence-corrected chi connectivity index (χ0v) is 17.9. The monoisotopic (exact) mass is 402 g/mol. The second-order valence-electron chi connectivity index (χ2n) is 6.84. The Hall–Kier alpha value is -1.99. The zero-order chi connectivity index (χ0) is 20.9. The molecule has 0 fully saturated rings. The van der Waals surface area contributed by atoms with E-state index in [0.29, 0.717) is 32.7 Å². The first-order chi connectivity index (χ1) is 14.2. The topological polar surface area (TPSA) is 60.0 Å². The number of likely N-dealkylation sites (N-methyl/N-ethyl adjacent to an activating group) is 1. The average molecular weight is 403 g/mol. The Morgan fingerprint density at radius 1 is 1.07 bits per heavy atom. The number of ether oxygens (including phenoxy) is 3. The Labute approximate surface area is 174 Å². The van der Waals surface area contributed by atoms with Gasteiger partial charge in [0.05, 0.1) is 26.2 Å². The highest BCUT2D eigenvalue weighted by Gasteiger charge is 2.18. The number of nitrogens with zero attached hydrogens (tertiary/aromatic N) is 1. The van der Waals surface area contributed by atoms with Gasteiger partial charge < -0.3 is 24.4 Å². The lowest BCUT2D eigenvalue weighted by molar-refractivity contribution is -0.146. The summed E-state index contributed by atoms with van der Waals surface area (Å²) in [5.74, 6) is 0.0483. The molecule has 2 aromatic rings. The Morgan fingerprint density at radius 2 is 1.83 bits per heavy atom. The van der Waals surface area contributed by atoms with Crippen LogP contribution in [-0.4, -0.2) is 70.7 Å². The van der Waals surface area contributed by atoms with Crippen LogP contribution in [0.3, 0.4) is 0 Å². The molecule has 0 aliphatic carbocycles. The molecule has 0 unspecified atom stereocenters. The first-order valence-electron chi connectivity index (χ1n) is 10.3. The molecular formula is C23H34N2O4. The standard InChI is InChI=1S/C23H34N2O4/c1-4-24-14-15-25(18-23(27-2)28-3)22(26)13-17-29-16-12-20-10-7-9-19-8-5-6-11-21(19)20/h5-11,23-24H,4,12-18H2,1-3H3. The molecule has 0 atom stereocenters. The minimum atomic E-state index is -0.423. The molecule has 29 heavy (non-hydrogen) atoms. The van der Waals surface area contributed by atoms with Gasteiger partial charge >= 0.3 is 0 Å². The Morgan fingerprint density at radius 3 is 2.59 bits per heavy atom. The van der Waals surface area contributed by atoms with Gasteiger partial charge in [-0.05, 0) is 29.3 Å².